The van der Waals surface area contributed by atoms with Crippen LogP contribution in [-0.2, 0) is 4.79 Å². The van der Waals surface area contributed by atoms with Crippen molar-refractivity contribution in [3.63, 3.8) is 0 Å². The zero-order valence-corrected chi connectivity index (χ0v) is 6.84. The molecule has 0 aromatic carbocycles. The Morgan fingerprint density at radius 2 is 1.67 bits per heavy atom. The van der Waals surface area contributed by atoms with Gasteiger partial charge in [0, 0.05) is 0 Å². The SMILES string of the molecule is CC(N)C(=O)O.OCC(O)CO. The van der Waals surface area contributed by atoms with Gasteiger partial charge in [-0.05, 0) is 6.92 Å². The summed E-state index contributed by atoms with van der Waals surface area (Å²) < 4.78 is 0. The first kappa shape index (κ1) is 13.9. The molecule has 0 bridgehead atoms. The van der Waals surface area contributed by atoms with E-state index in [1.807, 2.05) is 0 Å². The Hall–Kier alpha value is -0.690. The third-order valence-corrected chi connectivity index (χ3v) is 0.811. The molecule has 0 heterocycles. The van der Waals surface area contributed by atoms with E-state index in [1.165, 1.54) is 6.92 Å². The molecule has 74 valence electrons. The molecule has 6 nitrogen and oxygen atoms in total. The number of hydrogen-bond acceptors (Lipinski definition) is 5. The van der Waals surface area contributed by atoms with Crippen LogP contribution in [0.1, 0.15) is 6.92 Å². The minimum absolute atomic E-state index is 0.365. The van der Waals surface area contributed by atoms with E-state index in [0.29, 0.717) is 0 Å². The summed E-state index contributed by atoms with van der Waals surface area (Å²) in [5.74, 6) is -0.963. The fraction of sp³-hybridized carbons (Fsp3) is 0.833. The Morgan fingerprint density at radius 1 is 1.42 bits per heavy atom. The molecule has 6 N–H and O–H groups in total. The summed E-state index contributed by atoms with van der Waals surface area (Å²) in [5, 5.41) is 31.9. The van der Waals surface area contributed by atoms with Gasteiger partial charge in [-0.2, -0.15) is 0 Å². The number of aliphatic hydroxyl groups is 3. The lowest BCUT2D eigenvalue weighted by Crippen LogP contribution is -2.25. The molecule has 0 aromatic heterocycles. The van der Waals surface area contributed by atoms with Gasteiger partial charge in [-0.3, -0.25) is 4.79 Å². The normalized spacial score (nSPS) is 11.8. The van der Waals surface area contributed by atoms with Crippen LogP contribution in [0.3, 0.4) is 0 Å². The molecule has 0 amide bonds. The molecule has 1 unspecified atom stereocenters. The van der Waals surface area contributed by atoms with Gasteiger partial charge in [0.25, 0.3) is 0 Å². The molecule has 0 aliphatic rings. The van der Waals surface area contributed by atoms with Gasteiger partial charge in [-0.1, -0.05) is 0 Å². The second kappa shape index (κ2) is 8.41. The number of carbonyl (C=O) groups is 1. The van der Waals surface area contributed by atoms with Crippen LogP contribution in [0.15, 0.2) is 0 Å². The van der Waals surface area contributed by atoms with Gasteiger partial charge in [0.05, 0.1) is 13.2 Å². The van der Waals surface area contributed by atoms with Crippen molar-refractivity contribution in [1.82, 2.24) is 0 Å². The van der Waals surface area contributed by atoms with Crippen molar-refractivity contribution in [2.24, 2.45) is 5.73 Å². The second-order valence-electron chi connectivity index (χ2n) is 2.15. The van der Waals surface area contributed by atoms with E-state index in [1.54, 1.807) is 0 Å². The summed E-state index contributed by atoms with van der Waals surface area (Å²) in [6, 6.07) is -0.731. The van der Waals surface area contributed by atoms with Crippen molar-refractivity contribution in [1.29, 1.82) is 0 Å². The van der Waals surface area contributed by atoms with Crippen LogP contribution in [-0.4, -0.2) is 51.8 Å². The van der Waals surface area contributed by atoms with Crippen molar-refractivity contribution in [2.75, 3.05) is 13.2 Å². The van der Waals surface area contributed by atoms with Crippen LogP contribution in [0.4, 0.5) is 0 Å². The average molecular weight is 181 g/mol. The molecular formula is C6H15NO5. The van der Waals surface area contributed by atoms with Crippen LogP contribution in [0, 0.1) is 0 Å². The van der Waals surface area contributed by atoms with E-state index in [0.717, 1.165) is 0 Å². The van der Waals surface area contributed by atoms with Crippen LogP contribution < -0.4 is 5.73 Å². The van der Waals surface area contributed by atoms with E-state index >= 15 is 0 Å². The minimum Gasteiger partial charge on any atom is -0.480 e. The monoisotopic (exact) mass is 181 g/mol. The summed E-state index contributed by atoms with van der Waals surface area (Å²) in [7, 11) is 0. The molecule has 0 radical (unpaired) electrons. The minimum atomic E-state index is -0.963. The predicted octanol–water partition coefficient (Wildman–Crippen LogP) is -2.25. The molecule has 0 saturated carbocycles. The van der Waals surface area contributed by atoms with Gasteiger partial charge in [0.15, 0.2) is 0 Å². The summed E-state index contributed by atoms with van der Waals surface area (Å²) >= 11 is 0. The second-order valence-corrected chi connectivity index (χ2v) is 2.15. The van der Waals surface area contributed by atoms with Gasteiger partial charge in [0.2, 0.25) is 0 Å². The Morgan fingerprint density at radius 3 is 1.67 bits per heavy atom. The number of carboxylic acid groups (broad SMARTS) is 1. The van der Waals surface area contributed by atoms with E-state index in [9.17, 15) is 4.79 Å². The quantitative estimate of drug-likeness (QED) is 0.335. The molecule has 0 saturated heterocycles. The third kappa shape index (κ3) is 12.0. The zero-order chi connectivity index (χ0) is 10.1. The van der Waals surface area contributed by atoms with Gasteiger partial charge in [0.1, 0.15) is 12.1 Å². The van der Waals surface area contributed by atoms with Gasteiger partial charge in [-0.15, -0.1) is 0 Å². The van der Waals surface area contributed by atoms with E-state index in [2.05, 4.69) is 0 Å². The molecular weight excluding hydrogens is 166 g/mol. The predicted molar refractivity (Wildman–Crippen MR) is 41.5 cm³/mol. The Labute approximate surface area is 70.2 Å². The van der Waals surface area contributed by atoms with Crippen LogP contribution in [0.2, 0.25) is 0 Å². The number of hydrogen-bond donors (Lipinski definition) is 5. The van der Waals surface area contributed by atoms with Crippen LogP contribution in [0.5, 0.6) is 0 Å². The van der Waals surface area contributed by atoms with E-state index in [-0.39, 0.29) is 13.2 Å². The van der Waals surface area contributed by atoms with E-state index < -0.39 is 18.1 Å². The van der Waals surface area contributed by atoms with Crippen molar-refractivity contribution in [3.8, 4) is 0 Å². The van der Waals surface area contributed by atoms with Gasteiger partial charge < -0.3 is 26.2 Å². The topological polar surface area (TPSA) is 124 Å². The summed E-state index contributed by atoms with van der Waals surface area (Å²) in [5.41, 5.74) is 4.84. The third-order valence-electron chi connectivity index (χ3n) is 0.811. The molecule has 12 heavy (non-hydrogen) atoms. The first-order valence-electron chi connectivity index (χ1n) is 3.33. The smallest absolute Gasteiger partial charge is 0.320 e. The van der Waals surface area contributed by atoms with Gasteiger partial charge in [-0.25, -0.2) is 0 Å². The fourth-order valence-corrected chi connectivity index (χ4v) is 0.0577. The maximum absolute atomic E-state index is 9.57. The highest BCUT2D eigenvalue weighted by molar-refractivity contribution is 5.72. The summed E-state index contributed by atoms with van der Waals surface area (Å²) in [4.78, 5) is 9.57. The average Bonchev–Trinajstić information content (AvgIpc) is 2.04. The first-order valence-corrected chi connectivity index (χ1v) is 3.33. The number of rotatable bonds is 3. The fourth-order valence-electron chi connectivity index (χ4n) is 0.0577. The highest BCUT2D eigenvalue weighted by Crippen LogP contribution is 1.71. The Kier molecular flexibility index (Phi) is 9.72. The Balaban J connectivity index is 0. The highest BCUT2D eigenvalue weighted by atomic mass is 16.4. The number of aliphatic hydroxyl groups excluding tert-OH is 3. The Bertz CT molecular complexity index is 113. The molecule has 1 atom stereocenters. The molecule has 0 rings (SSSR count). The van der Waals surface area contributed by atoms with E-state index in [4.69, 9.17) is 26.2 Å². The summed E-state index contributed by atoms with van der Waals surface area (Å²) in [6.07, 6.45) is -0.954. The van der Waals surface area contributed by atoms with Crippen molar-refractivity contribution in [3.05, 3.63) is 0 Å². The number of nitrogens with two attached hydrogens (primary N) is 1. The molecule has 0 aliphatic carbocycles. The lowest BCUT2D eigenvalue weighted by Gasteiger charge is -1.96. The van der Waals surface area contributed by atoms with Crippen molar-refractivity contribution < 1.29 is 25.2 Å². The highest BCUT2D eigenvalue weighted by Gasteiger charge is 1.99. The zero-order valence-electron chi connectivity index (χ0n) is 6.84. The number of carboxylic acids is 1. The maximum atomic E-state index is 9.57. The maximum Gasteiger partial charge on any atom is 0.320 e. The van der Waals surface area contributed by atoms with Gasteiger partial charge >= 0.3 is 5.97 Å². The first-order chi connectivity index (χ1) is 5.45. The number of aliphatic carboxylic acids is 1. The largest absolute Gasteiger partial charge is 0.480 e. The van der Waals surface area contributed by atoms with Crippen LogP contribution in [0.25, 0.3) is 0 Å². The van der Waals surface area contributed by atoms with Crippen LogP contribution >= 0.6 is 0 Å². The molecule has 6 heteroatoms. The lowest BCUT2D eigenvalue weighted by atomic mass is 10.4. The molecule has 0 aromatic rings. The molecule has 0 spiro atoms. The molecule has 0 aliphatic heterocycles. The van der Waals surface area contributed by atoms with Crippen molar-refractivity contribution >= 4 is 5.97 Å². The standard InChI is InChI=1S/C3H7NO2.C3H8O3/c1-2(4)3(5)6;4-1-3(6)2-5/h2H,4H2,1H3,(H,5,6);3-6H,1-2H2. The lowest BCUT2D eigenvalue weighted by molar-refractivity contribution is -0.138. The van der Waals surface area contributed by atoms with Crippen molar-refractivity contribution in [2.45, 2.75) is 19.1 Å². The summed E-state index contributed by atoms with van der Waals surface area (Å²) in [6.45, 7) is 0.690. The molecule has 0 fully saturated rings.